The third-order valence-electron chi connectivity index (χ3n) is 3.18. The molecule has 0 saturated heterocycles. The molecule has 20 heavy (non-hydrogen) atoms. The Hall–Kier alpha value is -2.15. The summed E-state index contributed by atoms with van der Waals surface area (Å²) < 4.78 is 0. The molecule has 7 heteroatoms. The average Bonchev–Trinajstić information content (AvgIpc) is 2.86. The zero-order chi connectivity index (χ0) is 14.5. The number of benzene rings is 1. The third-order valence-corrected chi connectivity index (χ3v) is 3.18. The van der Waals surface area contributed by atoms with Crippen LogP contribution in [0.3, 0.4) is 0 Å². The molecule has 1 aromatic heterocycles. The number of aromatic amines is 1. The van der Waals surface area contributed by atoms with Crippen molar-refractivity contribution in [3.05, 3.63) is 28.3 Å². The highest BCUT2D eigenvalue weighted by atomic mass is 16.6. The molecule has 108 valence electrons. The summed E-state index contributed by atoms with van der Waals surface area (Å²) in [6.07, 6.45) is 2.74. The van der Waals surface area contributed by atoms with Crippen molar-refractivity contribution < 1.29 is 10.0 Å². The van der Waals surface area contributed by atoms with Crippen LogP contribution >= 0.6 is 0 Å². The van der Waals surface area contributed by atoms with Gasteiger partial charge in [0.15, 0.2) is 0 Å². The molecule has 2 N–H and O–H groups in total. The second kappa shape index (κ2) is 6.33. The van der Waals surface area contributed by atoms with Gasteiger partial charge in [0.1, 0.15) is 0 Å². The summed E-state index contributed by atoms with van der Waals surface area (Å²) in [5, 5.41) is 19.5. The van der Waals surface area contributed by atoms with Gasteiger partial charge < -0.3 is 15.0 Å². The Morgan fingerprint density at radius 2 is 2.20 bits per heavy atom. The van der Waals surface area contributed by atoms with Crippen molar-refractivity contribution in [3.8, 4) is 0 Å². The summed E-state index contributed by atoms with van der Waals surface area (Å²) in [4.78, 5) is 19.8. The number of hydrogen-bond acceptors (Lipinski definition) is 5. The van der Waals surface area contributed by atoms with E-state index < -0.39 is 4.92 Å². The number of nitro groups is 1. The fourth-order valence-electron chi connectivity index (χ4n) is 2.02. The van der Waals surface area contributed by atoms with Gasteiger partial charge >= 0.3 is 0 Å². The molecular weight excluding hydrogens is 260 g/mol. The number of aliphatic hydroxyl groups excluding tert-OH is 1. The molecule has 0 spiro atoms. The topological polar surface area (TPSA) is 95.3 Å². The Morgan fingerprint density at radius 3 is 2.90 bits per heavy atom. The molecule has 1 heterocycles. The largest absolute Gasteiger partial charge is 0.396 e. The van der Waals surface area contributed by atoms with E-state index in [1.807, 2.05) is 11.9 Å². The number of aromatic nitrogens is 2. The minimum absolute atomic E-state index is 0.0540. The van der Waals surface area contributed by atoms with Crippen LogP contribution in [0.5, 0.6) is 0 Å². The van der Waals surface area contributed by atoms with E-state index in [9.17, 15) is 10.1 Å². The summed E-state index contributed by atoms with van der Waals surface area (Å²) in [5.74, 6) is 0.699. The number of anilines is 1. The lowest BCUT2D eigenvalue weighted by molar-refractivity contribution is -0.384. The molecule has 7 nitrogen and oxygen atoms in total. The number of aliphatic hydroxyl groups is 1. The predicted molar refractivity (Wildman–Crippen MR) is 77.0 cm³/mol. The maximum atomic E-state index is 10.7. The first kappa shape index (κ1) is 14.3. The molecule has 0 aliphatic heterocycles. The van der Waals surface area contributed by atoms with Gasteiger partial charge in [-0.25, -0.2) is 4.98 Å². The summed E-state index contributed by atoms with van der Waals surface area (Å²) in [6.45, 7) is 1.04. The highest BCUT2D eigenvalue weighted by Gasteiger charge is 2.11. The van der Waals surface area contributed by atoms with Crippen LogP contribution in [-0.4, -0.2) is 40.2 Å². The Bertz CT molecular complexity index is 596. The van der Waals surface area contributed by atoms with Gasteiger partial charge in [-0.15, -0.1) is 0 Å². The van der Waals surface area contributed by atoms with E-state index in [2.05, 4.69) is 9.97 Å². The Kier molecular flexibility index (Phi) is 4.52. The van der Waals surface area contributed by atoms with Crippen LogP contribution in [0.4, 0.5) is 11.6 Å². The summed E-state index contributed by atoms with van der Waals surface area (Å²) in [7, 11) is 1.92. The van der Waals surface area contributed by atoms with Gasteiger partial charge in [-0.1, -0.05) is 0 Å². The second-order valence-electron chi connectivity index (χ2n) is 4.72. The maximum absolute atomic E-state index is 10.7. The van der Waals surface area contributed by atoms with E-state index >= 15 is 0 Å². The first-order valence-corrected chi connectivity index (χ1v) is 6.58. The van der Waals surface area contributed by atoms with Crippen LogP contribution in [0.2, 0.25) is 0 Å². The van der Waals surface area contributed by atoms with Crippen molar-refractivity contribution in [1.82, 2.24) is 9.97 Å². The van der Waals surface area contributed by atoms with Gasteiger partial charge in [-0.2, -0.15) is 0 Å². The number of nitrogens with zero attached hydrogens (tertiary/aromatic N) is 3. The molecule has 0 saturated carbocycles. The molecule has 0 aliphatic rings. The van der Waals surface area contributed by atoms with Crippen LogP contribution in [0.25, 0.3) is 11.0 Å². The summed E-state index contributed by atoms with van der Waals surface area (Å²) >= 11 is 0. The van der Waals surface area contributed by atoms with Gasteiger partial charge in [0, 0.05) is 32.3 Å². The Balaban J connectivity index is 2.08. The standard InChI is InChI=1S/C13H18N4O3/c1-16(7-3-2-4-8-18)13-14-11-6-5-10(17(19)20)9-12(11)15-13/h5-6,9,18H,2-4,7-8H2,1H3,(H,14,15). The van der Waals surface area contributed by atoms with Crippen LogP contribution in [-0.2, 0) is 0 Å². The molecule has 0 atom stereocenters. The van der Waals surface area contributed by atoms with Crippen molar-refractivity contribution in [1.29, 1.82) is 0 Å². The number of nitro benzene ring substituents is 1. The number of H-pyrrole nitrogens is 1. The van der Waals surface area contributed by atoms with Gasteiger partial charge in [-0.05, 0) is 25.3 Å². The normalized spacial score (nSPS) is 10.9. The lowest BCUT2D eigenvalue weighted by atomic mass is 10.2. The van der Waals surface area contributed by atoms with Gasteiger partial charge in [-0.3, -0.25) is 10.1 Å². The number of unbranched alkanes of at least 4 members (excludes halogenated alkanes) is 2. The third kappa shape index (κ3) is 3.24. The molecule has 0 aliphatic carbocycles. The van der Waals surface area contributed by atoms with Crippen LogP contribution in [0, 0.1) is 10.1 Å². The van der Waals surface area contributed by atoms with Crippen LogP contribution in [0.15, 0.2) is 18.2 Å². The van der Waals surface area contributed by atoms with Crippen molar-refractivity contribution in [2.45, 2.75) is 19.3 Å². The maximum Gasteiger partial charge on any atom is 0.271 e. The predicted octanol–water partition coefficient (Wildman–Crippen LogP) is 2.07. The van der Waals surface area contributed by atoms with Crippen molar-refractivity contribution in [2.24, 2.45) is 0 Å². The van der Waals surface area contributed by atoms with Crippen LogP contribution < -0.4 is 4.90 Å². The van der Waals surface area contributed by atoms with E-state index in [0.29, 0.717) is 17.0 Å². The van der Waals surface area contributed by atoms with Gasteiger partial charge in [0.25, 0.3) is 5.69 Å². The van der Waals surface area contributed by atoms with E-state index in [-0.39, 0.29) is 12.3 Å². The smallest absolute Gasteiger partial charge is 0.271 e. The van der Waals surface area contributed by atoms with Gasteiger partial charge in [0.2, 0.25) is 5.95 Å². The molecule has 0 bridgehead atoms. The van der Waals surface area contributed by atoms with Crippen molar-refractivity contribution in [2.75, 3.05) is 25.1 Å². The first-order valence-electron chi connectivity index (χ1n) is 6.58. The van der Waals surface area contributed by atoms with E-state index in [1.54, 1.807) is 6.07 Å². The molecule has 0 amide bonds. The monoisotopic (exact) mass is 278 g/mol. The lowest BCUT2D eigenvalue weighted by Gasteiger charge is -2.15. The molecule has 1 aromatic carbocycles. The highest BCUT2D eigenvalue weighted by molar-refractivity contribution is 5.80. The highest BCUT2D eigenvalue weighted by Crippen LogP contribution is 2.21. The number of imidazole rings is 1. The number of non-ortho nitro benzene ring substituents is 1. The quantitative estimate of drug-likeness (QED) is 0.459. The summed E-state index contributed by atoms with van der Waals surface area (Å²) in [5.41, 5.74) is 1.43. The van der Waals surface area contributed by atoms with E-state index in [1.165, 1.54) is 12.1 Å². The zero-order valence-electron chi connectivity index (χ0n) is 11.4. The Labute approximate surface area is 116 Å². The zero-order valence-corrected chi connectivity index (χ0v) is 11.4. The molecule has 0 fully saturated rings. The summed E-state index contributed by atoms with van der Waals surface area (Å²) in [6, 6.07) is 4.59. The van der Waals surface area contributed by atoms with E-state index in [4.69, 9.17) is 5.11 Å². The van der Waals surface area contributed by atoms with Crippen molar-refractivity contribution >= 4 is 22.7 Å². The number of hydrogen-bond donors (Lipinski definition) is 2. The first-order chi connectivity index (χ1) is 9.61. The number of fused-ring (bicyclic) bond motifs is 1. The van der Waals surface area contributed by atoms with E-state index in [0.717, 1.165) is 25.8 Å². The van der Waals surface area contributed by atoms with Gasteiger partial charge in [0.05, 0.1) is 16.0 Å². The molecule has 0 radical (unpaired) electrons. The molecule has 2 aromatic rings. The lowest BCUT2D eigenvalue weighted by Crippen LogP contribution is -2.19. The SMILES string of the molecule is CN(CCCCCO)c1nc2ccc([N+](=O)[O-])cc2[nH]1. The minimum atomic E-state index is -0.418. The minimum Gasteiger partial charge on any atom is -0.396 e. The Morgan fingerprint density at radius 1 is 1.40 bits per heavy atom. The number of nitrogens with one attached hydrogen (secondary N) is 1. The molecule has 0 unspecified atom stereocenters. The average molecular weight is 278 g/mol. The molecule has 2 rings (SSSR count). The van der Waals surface area contributed by atoms with Crippen LogP contribution in [0.1, 0.15) is 19.3 Å². The number of rotatable bonds is 7. The second-order valence-corrected chi connectivity index (χ2v) is 4.72. The fraction of sp³-hybridized carbons (Fsp3) is 0.462. The van der Waals surface area contributed by atoms with Crippen molar-refractivity contribution in [3.63, 3.8) is 0 Å². The fourth-order valence-corrected chi connectivity index (χ4v) is 2.02. The molecular formula is C13H18N4O3.